The van der Waals surface area contributed by atoms with E-state index in [1.54, 1.807) is 7.11 Å². The first-order chi connectivity index (χ1) is 8.77. The van der Waals surface area contributed by atoms with E-state index in [1.807, 2.05) is 6.07 Å². The smallest absolute Gasteiger partial charge is 0.119 e. The third-order valence-corrected chi connectivity index (χ3v) is 4.35. The van der Waals surface area contributed by atoms with Gasteiger partial charge in [0.25, 0.3) is 0 Å². The molecule has 1 aliphatic heterocycles. The Hall–Kier alpha value is -1.53. The number of piperidine rings is 1. The van der Waals surface area contributed by atoms with Gasteiger partial charge in [-0.2, -0.15) is 5.26 Å². The third-order valence-electron chi connectivity index (χ3n) is 4.35. The van der Waals surface area contributed by atoms with E-state index in [0.717, 1.165) is 37.9 Å². The molecule has 2 atom stereocenters. The Morgan fingerprint density at radius 2 is 2.33 bits per heavy atom. The first-order valence-electron chi connectivity index (χ1n) is 6.62. The second-order valence-electron chi connectivity index (χ2n) is 5.32. The fourth-order valence-corrected chi connectivity index (χ4v) is 3.45. The summed E-state index contributed by atoms with van der Waals surface area (Å²) in [6.07, 6.45) is 5.44. The van der Waals surface area contributed by atoms with Crippen molar-refractivity contribution in [2.75, 3.05) is 7.11 Å². The molecule has 1 fully saturated rings. The molecule has 1 saturated heterocycles. The van der Waals surface area contributed by atoms with Gasteiger partial charge in [0.2, 0.25) is 0 Å². The Morgan fingerprint density at radius 3 is 3.11 bits per heavy atom. The summed E-state index contributed by atoms with van der Waals surface area (Å²) in [6.45, 7) is 0. The van der Waals surface area contributed by atoms with Gasteiger partial charge < -0.3 is 4.74 Å². The average molecular weight is 242 g/mol. The first-order valence-corrected chi connectivity index (χ1v) is 6.62. The molecule has 94 valence electrons. The van der Waals surface area contributed by atoms with Gasteiger partial charge in [0.15, 0.2) is 0 Å². The van der Waals surface area contributed by atoms with E-state index in [9.17, 15) is 0 Å². The molecule has 0 saturated carbocycles. The minimum absolute atomic E-state index is 0.00630. The molecule has 1 aromatic carbocycles. The molecule has 2 aliphatic rings. The van der Waals surface area contributed by atoms with Crippen molar-refractivity contribution in [2.24, 2.45) is 0 Å². The summed E-state index contributed by atoms with van der Waals surface area (Å²) in [5.41, 5.74) is 2.80. The quantitative estimate of drug-likeness (QED) is 0.823. The summed E-state index contributed by atoms with van der Waals surface area (Å²) in [4.78, 5) is 0. The molecule has 3 heteroatoms. The SMILES string of the molecule is COc1ccc2c(c1)CCC21CCCC(C#N)N1. The van der Waals surface area contributed by atoms with E-state index in [-0.39, 0.29) is 11.6 Å². The number of nitriles is 1. The number of benzene rings is 1. The van der Waals surface area contributed by atoms with Crippen molar-refractivity contribution in [3.8, 4) is 11.8 Å². The molecular weight excluding hydrogens is 224 g/mol. The first kappa shape index (κ1) is 11.6. The van der Waals surface area contributed by atoms with Crippen LogP contribution in [0.4, 0.5) is 0 Å². The number of rotatable bonds is 1. The minimum atomic E-state index is 0.00630. The minimum Gasteiger partial charge on any atom is -0.497 e. The van der Waals surface area contributed by atoms with E-state index in [1.165, 1.54) is 11.1 Å². The maximum Gasteiger partial charge on any atom is 0.119 e. The van der Waals surface area contributed by atoms with Crippen molar-refractivity contribution >= 4 is 0 Å². The summed E-state index contributed by atoms with van der Waals surface area (Å²) in [5, 5.41) is 12.7. The lowest BCUT2D eigenvalue weighted by Crippen LogP contribution is -2.49. The largest absolute Gasteiger partial charge is 0.497 e. The Kier molecular flexibility index (Phi) is 2.76. The number of methoxy groups -OCH3 is 1. The van der Waals surface area contributed by atoms with Crippen LogP contribution in [-0.4, -0.2) is 13.2 Å². The van der Waals surface area contributed by atoms with Crippen LogP contribution in [0.2, 0.25) is 0 Å². The van der Waals surface area contributed by atoms with Crippen LogP contribution in [0.1, 0.15) is 36.8 Å². The number of fused-ring (bicyclic) bond motifs is 2. The van der Waals surface area contributed by atoms with Crippen molar-refractivity contribution < 1.29 is 4.74 Å². The van der Waals surface area contributed by atoms with E-state index in [0.29, 0.717) is 0 Å². The summed E-state index contributed by atoms with van der Waals surface area (Å²) in [6, 6.07) is 8.73. The van der Waals surface area contributed by atoms with Crippen molar-refractivity contribution in [1.82, 2.24) is 5.32 Å². The second kappa shape index (κ2) is 4.29. The van der Waals surface area contributed by atoms with E-state index >= 15 is 0 Å². The van der Waals surface area contributed by atoms with Crippen LogP contribution in [0.5, 0.6) is 5.75 Å². The van der Waals surface area contributed by atoms with Crippen LogP contribution in [-0.2, 0) is 12.0 Å². The van der Waals surface area contributed by atoms with Gasteiger partial charge in [-0.3, -0.25) is 5.32 Å². The van der Waals surface area contributed by atoms with Crippen LogP contribution in [0.3, 0.4) is 0 Å². The van der Waals surface area contributed by atoms with Crippen LogP contribution >= 0.6 is 0 Å². The molecule has 18 heavy (non-hydrogen) atoms. The summed E-state index contributed by atoms with van der Waals surface area (Å²) in [5.74, 6) is 0.929. The fourth-order valence-electron chi connectivity index (χ4n) is 3.45. The molecule has 1 N–H and O–H groups in total. The van der Waals surface area contributed by atoms with Crippen molar-refractivity contribution in [3.63, 3.8) is 0 Å². The molecule has 0 amide bonds. The molecule has 1 aliphatic carbocycles. The normalized spacial score (nSPS) is 29.9. The van der Waals surface area contributed by atoms with Crippen molar-refractivity contribution in [3.05, 3.63) is 29.3 Å². The highest BCUT2D eigenvalue weighted by Gasteiger charge is 2.42. The number of ether oxygens (including phenoxy) is 1. The fraction of sp³-hybridized carbons (Fsp3) is 0.533. The highest BCUT2D eigenvalue weighted by molar-refractivity contribution is 5.44. The standard InChI is InChI=1S/C15H18N2O/c1-18-13-4-5-14-11(9-13)6-8-15(14)7-2-3-12(10-16)17-15/h4-5,9,12,17H,2-3,6-8H2,1H3. The lowest BCUT2D eigenvalue weighted by atomic mass is 9.81. The Bertz CT molecular complexity index is 506. The second-order valence-corrected chi connectivity index (χ2v) is 5.32. The summed E-state index contributed by atoms with van der Waals surface area (Å²) < 4.78 is 5.28. The zero-order chi connectivity index (χ0) is 12.6. The van der Waals surface area contributed by atoms with Gasteiger partial charge in [0, 0.05) is 5.54 Å². The van der Waals surface area contributed by atoms with Gasteiger partial charge in [-0.05, 0) is 55.4 Å². The number of hydrogen-bond acceptors (Lipinski definition) is 3. The van der Waals surface area contributed by atoms with E-state index in [4.69, 9.17) is 10.00 Å². The zero-order valence-corrected chi connectivity index (χ0v) is 10.7. The van der Waals surface area contributed by atoms with Crippen LogP contribution in [0, 0.1) is 11.3 Å². The topological polar surface area (TPSA) is 45.0 Å². The number of nitrogens with one attached hydrogen (secondary N) is 1. The predicted octanol–water partition coefficient (Wildman–Crippen LogP) is 2.50. The molecule has 0 aromatic heterocycles. The third kappa shape index (κ3) is 1.69. The molecule has 3 rings (SSSR count). The Morgan fingerprint density at radius 1 is 1.44 bits per heavy atom. The monoisotopic (exact) mass is 242 g/mol. The van der Waals surface area contributed by atoms with Crippen molar-refractivity contribution in [1.29, 1.82) is 5.26 Å². The number of aryl methyl sites for hydroxylation is 1. The predicted molar refractivity (Wildman–Crippen MR) is 69.4 cm³/mol. The van der Waals surface area contributed by atoms with E-state index < -0.39 is 0 Å². The molecule has 1 heterocycles. The highest BCUT2D eigenvalue weighted by Crippen LogP contribution is 2.44. The van der Waals surface area contributed by atoms with E-state index in [2.05, 4.69) is 23.5 Å². The summed E-state index contributed by atoms with van der Waals surface area (Å²) in [7, 11) is 1.71. The van der Waals surface area contributed by atoms with Gasteiger partial charge in [-0.25, -0.2) is 0 Å². The molecule has 2 unspecified atom stereocenters. The van der Waals surface area contributed by atoms with Gasteiger partial charge in [0.1, 0.15) is 5.75 Å². The van der Waals surface area contributed by atoms with Crippen molar-refractivity contribution in [2.45, 2.75) is 43.7 Å². The maximum atomic E-state index is 9.13. The maximum absolute atomic E-state index is 9.13. The van der Waals surface area contributed by atoms with Crippen LogP contribution < -0.4 is 10.1 Å². The van der Waals surface area contributed by atoms with Crippen LogP contribution in [0.15, 0.2) is 18.2 Å². The lowest BCUT2D eigenvalue weighted by Gasteiger charge is -2.38. The Balaban J connectivity index is 1.96. The Labute approximate surface area is 108 Å². The lowest BCUT2D eigenvalue weighted by molar-refractivity contribution is 0.230. The molecule has 0 radical (unpaired) electrons. The zero-order valence-electron chi connectivity index (χ0n) is 10.7. The van der Waals surface area contributed by atoms with Gasteiger partial charge in [0.05, 0.1) is 19.2 Å². The van der Waals surface area contributed by atoms with Gasteiger partial charge in [-0.1, -0.05) is 6.07 Å². The van der Waals surface area contributed by atoms with Crippen LogP contribution in [0.25, 0.3) is 0 Å². The average Bonchev–Trinajstić information content (AvgIpc) is 2.77. The number of hydrogen-bond donors (Lipinski definition) is 1. The molecule has 1 aromatic rings. The highest BCUT2D eigenvalue weighted by atomic mass is 16.5. The molecular formula is C15H18N2O. The van der Waals surface area contributed by atoms with Gasteiger partial charge >= 0.3 is 0 Å². The summed E-state index contributed by atoms with van der Waals surface area (Å²) >= 11 is 0. The molecule has 1 spiro atoms. The van der Waals surface area contributed by atoms with Gasteiger partial charge in [-0.15, -0.1) is 0 Å². The number of nitrogens with zero attached hydrogens (tertiary/aromatic N) is 1. The molecule has 0 bridgehead atoms. The molecule has 3 nitrogen and oxygen atoms in total.